The smallest absolute Gasteiger partial charge is 0.326 e. The lowest BCUT2D eigenvalue weighted by Crippen LogP contribution is -2.57. The zero-order chi connectivity index (χ0) is 24.8. The van der Waals surface area contributed by atoms with Crippen molar-refractivity contribution in [2.75, 3.05) is 13.2 Å². The Kier molecular flexibility index (Phi) is 13.0. The fraction of sp³-hybridized carbons (Fsp3) is 0.647. The van der Waals surface area contributed by atoms with E-state index in [1.165, 1.54) is 6.92 Å². The standard InChI is InChI=1S/C17H32N8O7/c1-8(18)13(28)25-11(7-26)15(30)23-9(4-5-12(19)27)14(29)24-10(16(31)32)3-2-6-22-17(20)21/h8-11,26H,2-7,18H2,1H3,(H2,19,27)(H,23,30)(H,24,29)(H,25,28)(H,31,32)(H4,20,21,22). The van der Waals surface area contributed by atoms with E-state index in [4.69, 9.17) is 22.9 Å². The van der Waals surface area contributed by atoms with Crippen molar-refractivity contribution in [1.82, 2.24) is 16.0 Å². The van der Waals surface area contributed by atoms with E-state index in [1.54, 1.807) is 0 Å². The Bertz CT molecular complexity index is 709. The molecule has 0 rings (SSSR count). The molecule has 4 atom stereocenters. The van der Waals surface area contributed by atoms with Gasteiger partial charge in [-0.05, 0) is 26.2 Å². The quantitative estimate of drug-likeness (QED) is 0.0638. The van der Waals surface area contributed by atoms with Gasteiger partial charge in [-0.25, -0.2) is 4.79 Å². The molecule has 0 heterocycles. The van der Waals surface area contributed by atoms with E-state index in [1.807, 2.05) is 0 Å². The summed E-state index contributed by atoms with van der Waals surface area (Å²) < 4.78 is 0. The highest BCUT2D eigenvalue weighted by Gasteiger charge is 2.29. The minimum absolute atomic E-state index is 0.0158. The number of nitrogens with one attached hydrogen (secondary N) is 3. The molecule has 4 unspecified atom stereocenters. The fourth-order valence-electron chi connectivity index (χ4n) is 2.36. The van der Waals surface area contributed by atoms with Gasteiger partial charge in [0, 0.05) is 13.0 Å². The molecule has 0 radical (unpaired) electrons. The number of aliphatic imine (C=N–C) groups is 1. The molecule has 0 saturated heterocycles. The van der Waals surface area contributed by atoms with E-state index in [0.717, 1.165) is 0 Å². The van der Waals surface area contributed by atoms with Gasteiger partial charge in [0.05, 0.1) is 12.6 Å². The number of aliphatic hydroxyl groups is 1. The average Bonchev–Trinajstić information content (AvgIpc) is 2.70. The number of amides is 4. The number of hydrogen-bond acceptors (Lipinski definition) is 8. The van der Waals surface area contributed by atoms with Crippen molar-refractivity contribution in [2.24, 2.45) is 27.9 Å². The summed E-state index contributed by atoms with van der Waals surface area (Å²) in [5, 5.41) is 25.4. The minimum atomic E-state index is -1.42. The number of carboxylic acids is 1. The van der Waals surface area contributed by atoms with E-state index < -0.39 is 60.4 Å². The first kappa shape index (κ1) is 28.5. The predicted molar refractivity (Wildman–Crippen MR) is 113 cm³/mol. The van der Waals surface area contributed by atoms with Crippen molar-refractivity contribution in [3.63, 3.8) is 0 Å². The Balaban J connectivity index is 5.26. The third-order valence-electron chi connectivity index (χ3n) is 4.10. The van der Waals surface area contributed by atoms with E-state index >= 15 is 0 Å². The summed E-state index contributed by atoms with van der Waals surface area (Å²) in [4.78, 5) is 63.0. The summed E-state index contributed by atoms with van der Waals surface area (Å²) in [7, 11) is 0. The van der Waals surface area contributed by atoms with Crippen molar-refractivity contribution >= 4 is 35.6 Å². The molecule has 0 aromatic carbocycles. The third kappa shape index (κ3) is 11.7. The normalized spacial score (nSPS) is 14.2. The molecule has 15 nitrogen and oxygen atoms in total. The molecule has 0 bridgehead atoms. The van der Waals surface area contributed by atoms with Crippen molar-refractivity contribution in [3.05, 3.63) is 0 Å². The topological polar surface area (TPSA) is 278 Å². The molecule has 0 aliphatic carbocycles. The molecule has 0 saturated carbocycles. The lowest BCUT2D eigenvalue weighted by Gasteiger charge is -2.24. The van der Waals surface area contributed by atoms with Crippen molar-refractivity contribution in [2.45, 2.75) is 56.8 Å². The van der Waals surface area contributed by atoms with Crippen LogP contribution in [0, 0.1) is 0 Å². The highest BCUT2D eigenvalue weighted by atomic mass is 16.4. The highest BCUT2D eigenvalue weighted by Crippen LogP contribution is 2.04. The van der Waals surface area contributed by atoms with Gasteiger partial charge in [-0.2, -0.15) is 0 Å². The Morgan fingerprint density at radius 1 is 0.875 bits per heavy atom. The number of hydrogen-bond donors (Lipinski definition) is 9. The Labute approximate surface area is 184 Å². The second-order valence-corrected chi connectivity index (χ2v) is 6.95. The van der Waals surface area contributed by atoms with Gasteiger partial charge in [-0.1, -0.05) is 0 Å². The second kappa shape index (κ2) is 14.5. The van der Waals surface area contributed by atoms with Crippen LogP contribution in [-0.2, 0) is 24.0 Å². The first-order valence-electron chi connectivity index (χ1n) is 9.73. The first-order valence-corrected chi connectivity index (χ1v) is 9.73. The van der Waals surface area contributed by atoms with Gasteiger partial charge < -0.3 is 49.1 Å². The molecule has 0 fully saturated rings. The lowest BCUT2D eigenvalue weighted by atomic mass is 10.1. The molecular weight excluding hydrogens is 428 g/mol. The molecule has 4 amide bonds. The minimum Gasteiger partial charge on any atom is -0.480 e. The van der Waals surface area contributed by atoms with Gasteiger partial charge in [0.25, 0.3) is 0 Å². The van der Waals surface area contributed by atoms with Gasteiger partial charge in [0.1, 0.15) is 18.1 Å². The van der Waals surface area contributed by atoms with Crippen LogP contribution in [0.1, 0.15) is 32.6 Å². The third-order valence-corrected chi connectivity index (χ3v) is 4.10. The van der Waals surface area contributed by atoms with Crippen LogP contribution in [0.3, 0.4) is 0 Å². The fourth-order valence-corrected chi connectivity index (χ4v) is 2.36. The average molecular weight is 460 g/mol. The van der Waals surface area contributed by atoms with Crippen molar-refractivity contribution < 1.29 is 34.2 Å². The molecule has 0 aliphatic rings. The Morgan fingerprint density at radius 2 is 1.41 bits per heavy atom. The van der Waals surface area contributed by atoms with E-state index in [0.29, 0.717) is 0 Å². The number of carbonyl (C=O) groups is 5. The number of nitrogens with two attached hydrogens (primary N) is 4. The number of primary amides is 1. The largest absolute Gasteiger partial charge is 0.480 e. The van der Waals surface area contributed by atoms with E-state index in [9.17, 15) is 34.2 Å². The Morgan fingerprint density at radius 3 is 1.88 bits per heavy atom. The first-order chi connectivity index (χ1) is 14.9. The van der Waals surface area contributed by atoms with E-state index in [-0.39, 0.29) is 38.2 Å². The summed E-state index contributed by atoms with van der Waals surface area (Å²) >= 11 is 0. The van der Waals surface area contributed by atoms with Gasteiger partial charge in [0.2, 0.25) is 23.6 Å². The van der Waals surface area contributed by atoms with Gasteiger partial charge in [0.15, 0.2) is 5.96 Å². The predicted octanol–water partition coefficient (Wildman–Crippen LogP) is -4.82. The van der Waals surface area contributed by atoms with E-state index in [2.05, 4.69) is 20.9 Å². The molecule has 32 heavy (non-hydrogen) atoms. The summed E-state index contributed by atoms with van der Waals surface area (Å²) in [5.74, 6) is -4.81. The number of carbonyl (C=O) groups excluding carboxylic acids is 4. The second-order valence-electron chi connectivity index (χ2n) is 6.95. The lowest BCUT2D eigenvalue weighted by molar-refractivity contribution is -0.142. The zero-order valence-electron chi connectivity index (χ0n) is 17.7. The maximum Gasteiger partial charge on any atom is 0.326 e. The number of aliphatic hydroxyl groups excluding tert-OH is 1. The maximum absolute atomic E-state index is 12.6. The van der Waals surface area contributed by atoms with Crippen LogP contribution in [0.25, 0.3) is 0 Å². The number of rotatable bonds is 15. The zero-order valence-corrected chi connectivity index (χ0v) is 17.7. The van der Waals surface area contributed by atoms with Crippen LogP contribution >= 0.6 is 0 Å². The van der Waals surface area contributed by atoms with Gasteiger partial charge in [-0.15, -0.1) is 0 Å². The Hall–Kier alpha value is -3.46. The number of aliphatic carboxylic acids is 1. The molecule has 182 valence electrons. The highest BCUT2D eigenvalue weighted by molar-refractivity contribution is 5.94. The van der Waals surface area contributed by atoms with Crippen LogP contribution in [-0.4, -0.2) is 83.1 Å². The molecule has 0 aromatic heterocycles. The maximum atomic E-state index is 12.6. The van der Waals surface area contributed by atoms with Crippen LogP contribution in [0.4, 0.5) is 0 Å². The van der Waals surface area contributed by atoms with Crippen LogP contribution in [0.15, 0.2) is 4.99 Å². The van der Waals surface area contributed by atoms with Crippen LogP contribution in [0.5, 0.6) is 0 Å². The summed E-state index contributed by atoms with van der Waals surface area (Å²) in [6.45, 7) is 0.711. The van der Waals surface area contributed by atoms with Crippen molar-refractivity contribution in [1.29, 1.82) is 0 Å². The number of carboxylic acid groups (broad SMARTS) is 1. The number of guanidine groups is 1. The molecular formula is C17H32N8O7. The van der Waals surface area contributed by atoms with Crippen LogP contribution < -0.4 is 38.9 Å². The molecule has 13 N–H and O–H groups in total. The molecule has 0 aromatic rings. The monoisotopic (exact) mass is 460 g/mol. The summed E-state index contributed by atoms with van der Waals surface area (Å²) in [6, 6.07) is -5.07. The molecule has 0 spiro atoms. The molecule has 15 heteroatoms. The molecule has 0 aliphatic heterocycles. The SMILES string of the molecule is CC(N)C(=O)NC(CO)C(=O)NC(CCC(N)=O)C(=O)NC(CCCN=C(N)N)C(=O)O. The van der Waals surface area contributed by atoms with Crippen molar-refractivity contribution in [3.8, 4) is 0 Å². The summed E-state index contributed by atoms with van der Waals surface area (Å²) in [6.07, 6.45) is -0.315. The van der Waals surface area contributed by atoms with Gasteiger partial charge in [-0.3, -0.25) is 24.2 Å². The van der Waals surface area contributed by atoms with Crippen LogP contribution in [0.2, 0.25) is 0 Å². The number of nitrogens with zero attached hydrogens (tertiary/aromatic N) is 1. The summed E-state index contributed by atoms with van der Waals surface area (Å²) in [5.41, 5.74) is 20.9. The van der Waals surface area contributed by atoms with Gasteiger partial charge >= 0.3 is 5.97 Å².